The molecule has 5 nitrogen and oxygen atoms in total. The van der Waals surface area contributed by atoms with E-state index in [1.807, 2.05) is 87.2 Å². The molecule has 0 radical (unpaired) electrons. The van der Waals surface area contributed by atoms with E-state index in [1.165, 1.54) is 4.90 Å². The van der Waals surface area contributed by atoms with Crippen LogP contribution >= 0.6 is 0 Å². The molecule has 0 spiro atoms. The first-order valence-electron chi connectivity index (χ1n) is 11.0. The summed E-state index contributed by atoms with van der Waals surface area (Å²) in [5.41, 5.74) is 3.98. The normalized spacial score (nSPS) is 14.2. The number of amides is 2. The number of rotatable bonds is 10. The molecule has 0 atom stereocenters. The molecule has 0 bridgehead atoms. The van der Waals surface area contributed by atoms with Crippen LogP contribution in [0.3, 0.4) is 0 Å². The fourth-order valence-electron chi connectivity index (χ4n) is 3.73. The predicted molar refractivity (Wildman–Crippen MR) is 123 cm³/mol. The molecule has 0 saturated carbocycles. The molecule has 31 heavy (non-hydrogen) atoms. The van der Waals surface area contributed by atoms with Crippen molar-refractivity contribution in [2.75, 3.05) is 19.7 Å². The first-order valence-corrected chi connectivity index (χ1v) is 11.0. The number of ether oxygens (including phenoxy) is 1. The number of carbonyl (C=O) groups excluding carboxylic acids is 2. The van der Waals surface area contributed by atoms with Crippen LogP contribution in [0.15, 0.2) is 60.3 Å². The Bertz CT molecular complexity index is 933. The molecule has 0 unspecified atom stereocenters. The Morgan fingerprint density at radius 3 is 2.26 bits per heavy atom. The first kappa shape index (κ1) is 22.8. The molecule has 2 aromatic carbocycles. The lowest BCUT2D eigenvalue weighted by atomic mass is 10.0. The molecule has 1 heterocycles. The summed E-state index contributed by atoms with van der Waals surface area (Å²) in [4.78, 5) is 30.2. The average molecular weight is 421 g/mol. The highest BCUT2D eigenvalue weighted by molar-refractivity contribution is 6.35. The number of hydrogen-bond acceptors (Lipinski definition) is 4. The summed E-state index contributed by atoms with van der Waals surface area (Å²) < 4.78 is 5.60. The average Bonchev–Trinajstić information content (AvgIpc) is 3.00. The molecule has 0 saturated heterocycles. The fraction of sp³-hybridized carbons (Fsp3) is 0.385. The van der Waals surface area contributed by atoms with Crippen LogP contribution < -0.4 is 0 Å². The third-order valence-electron chi connectivity index (χ3n) is 5.38. The van der Waals surface area contributed by atoms with Gasteiger partial charge in [-0.05, 0) is 45.2 Å². The van der Waals surface area contributed by atoms with Crippen molar-refractivity contribution in [1.29, 1.82) is 0 Å². The maximum Gasteiger partial charge on any atom is 0.277 e. The lowest BCUT2D eigenvalue weighted by Gasteiger charge is -2.25. The summed E-state index contributed by atoms with van der Waals surface area (Å²) in [6.45, 7) is 10.1. The van der Waals surface area contributed by atoms with E-state index in [4.69, 9.17) is 4.74 Å². The minimum Gasteiger partial charge on any atom is -0.379 e. The van der Waals surface area contributed by atoms with E-state index in [1.54, 1.807) is 0 Å². The molecule has 164 valence electrons. The Kier molecular flexibility index (Phi) is 7.64. The Labute approximate surface area is 185 Å². The van der Waals surface area contributed by atoms with Crippen LogP contribution in [0.1, 0.15) is 43.9 Å². The monoisotopic (exact) mass is 420 g/mol. The second-order valence-corrected chi connectivity index (χ2v) is 8.12. The molecule has 0 N–H and O–H groups in total. The van der Waals surface area contributed by atoms with E-state index < -0.39 is 0 Å². The number of benzene rings is 2. The molecule has 1 aliphatic rings. The first-order chi connectivity index (χ1) is 14.9. The third kappa shape index (κ3) is 5.42. The lowest BCUT2D eigenvalue weighted by molar-refractivity contribution is -0.137. The Morgan fingerprint density at radius 1 is 0.968 bits per heavy atom. The van der Waals surface area contributed by atoms with Gasteiger partial charge in [-0.2, -0.15) is 0 Å². The van der Waals surface area contributed by atoms with Crippen molar-refractivity contribution in [3.8, 4) is 0 Å². The lowest BCUT2D eigenvalue weighted by Crippen LogP contribution is -2.36. The Balaban J connectivity index is 1.93. The molecule has 0 fully saturated rings. The van der Waals surface area contributed by atoms with Gasteiger partial charge < -0.3 is 9.64 Å². The molecule has 2 amide bonds. The van der Waals surface area contributed by atoms with Crippen LogP contribution in [0.25, 0.3) is 5.57 Å². The van der Waals surface area contributed by atoms with E-state index in [9.17, 15) is 9.59 Å². The Morgan fingerprint density at radius 2 is 1.65 bits per heavy atom. The summed E-state index contributed by atoms with van der Waals surface area (Å²) >= 11 is 0. The van der Waals surface area contributed by atoms with Gasteiger partial charge in [-0.1, -0.05) is 60.2 Å². The van der Waals surface area contributed by atoms with Gasteiger partial charge >= 0.3 is 0 Å². The van der Waals surface area contributed by atoms with Crippen LogP contribution in [-0.2, 0) is 20.9 Å². The summed E-state index contributed by atoms with van der Waals surface area (Å²) in [6.07, 6.45) is 0.748. The van der Waals surface area contributed by atoms with Gasteiger partial charge in [-0.3, -0.25) is 14.5 Å². The van der Waals surface area contributed by atoms with E-state index in [0.717, 1.165) is 16.7 Å². The number of hydrogen-bond donors (Lipinski definition) is 0. The number of carbonyl (C=O) groups is 2. The van der Waals surface area contributed by atoms with Crippen molar-refractivity contribution in [3.63, 3.8) is 0 Å². The molecule has 0 aliphatic carbocycles. The number of nitrogens with zero attached hydrogens (tertiary/aromatic N) is 2. The van der Waals surface area contributed by atoms with Crippen molar-refractivity contribution in [1.82, 2.24) is 9.80 Å². The highest BCUT2D eigenvalue weighted by Gasteiger charge is 2.40. The van der Waals surface area contributed by atoms with E-state index >= 15 is 0 Å². The predicted octanol–water partition coefficient (Wildman–Crippen LogP) is 4.41. The zero-order valence-corrected chi connectivity index (χ0v) is 18.9. The molecule has 1 aliphatic heterocycles. The minimum absolute atomic E-state index is 0.128. The highest BCUT2D eigenvalue weighted by Crippen LogP contribution is 2.32. The van der Waals surface area contributed by atoms with Crippen LogP contribution in [0.2, 0.25) is 0 Å². The maximum atomic E-state index is 13.4. The van der Waals surface area contributed by atoms with Gasteiger partial charge in [0.05, 0.1) is 11.7 Å². The minimum atomic E-state index is -0.222. The van der Waals surface area contributed by atoms with Crippen LogP contribution in [0.4, 0.5) is 0 Å². The van der Waals surface area contributed by atoms with E-state index in [0.29, 0.717) is 43.9 Å². The molecule has 5 heteroatoms. The van der Waals surface area contributed by atoms with Gasteiger partial charge in [-0.25, -0.2) is 0 Å². The summed E-state index contributed by atoms with van der Waals surface area (Å²) in [6, 6.07) is 17.8. The molecular formula is C26H32N2O3. The third-order valence-corrected chi connectivity index (χ3v) is 5.38. The standard InChI is InChI=1S/C26H32N2O3/c1-5-27(18-21-10-7-6-8-11-21)24-23(22-14-12-20(4)13-15-22)25(29)28(26(24)30)16-9-17-31-19(2)3/h6-8,10-15,19H,5,9,16-18H2,1-4H3. The quantitative estimate of drug-likeness (QED) is 0.422. The van der Waals surface area contributed by atoms with Crippen molar-refractivity contribution >= 4 is 17.4 Å². The second-order valence-electron chi connectivity index (χ2n) is 8.12. The smallest absolute Gasteiger partial charge is 0.277 e. The van der Waals surface area contributed by atoms with Gasteiger partial charge in [0.25, 0.3) is 11.8 Å². The fourth-order valence-corrected chi connectivity index (χ4v) is 3.73. The molecule has 2 aromatic rings. The number of aryl methyl sites for hydroxylation is 1. The number of likely N-dealkylation sites (N-methyl/N-ethyl adjacent to an activating group) is 1. The summed E-state index contributed by atoms with van der Waals surface area (Å²) in [7, 11) is 0. The van der Waals surface area contributed by atoms with Crippen molar-refractivity contribution < 1.29 is 14.3 Å². The molecule has 0 aromatic heterocycles. The topological polar surface area (TPSA) is 49.9 Å². The number of imide groups is 1. The SMILES string of the molecule is CCN(Cc1ccccc1)C1=C(c2ccc(C)cc2)C(=O)N(CCCOC(C)C)C1=O. The zero-order valence-electron chi connectivity index (χ0n) is 18.9. The molecule has 3 rings (SSSR count). The second kappa shape index (κ2) is 10.4. The van der Waals surface area contributed by atoms with E-state index in [-0.39, 0.29) is 17.9 Å². The largest absolute Gasteiger partial charge is 0.379 e. The van der Waals surface area contributed by atoms with Gasteiger partial charge in [0.2, 0.25) is 0 Å². The molecular weight excluding hydrogens is 388 g/mol. The highest BCUT2D eigenvalue weighted by atomic mass is 16.5. The van der Waals surface area contributed by atoms with Crippen molar-refractivity contribution in [2.24, 2.45) is 0 Å². The van der Waals surface area contributed by atoms with Crippen molar-refractivity contribution in [2.45, 2.75) is 46.8 Å². The van der Waals surface area contributed by atoms with Gasteiger partial charge in [0.1, 0.15) is 5.70 Å². The summed E-state index contributed by atoms with van der Waals surface area (Å²) in [5.74, 6) is -0.442. The summed E-state index contributed by atoms with van der Waals surface area (Å²) in [5, 5.41) is 0. The Hall–Kier alpha value is -2.92. The van der Waals surface area contributed by atoms with Gasteiger partial charge in [0, 0.05) is 26.2 Å². The maximum absolute atomic E-state index is 13.4. The zero-order chi connectivity index (χ0) is 22.4. The van der Waals surface area contributed by atoms with Gasteiger partial charge in [0.15, 0.2) is 0 Å². The van der Waals surface area contributed by atoms with E-state index in [2.05, 4.69) is 0 Å². The van der Waals surface area contributed by atoms with Gasteiger partial charge in [-0.15, -0.1) is 0 Å². The van der Waals surface area contributed by atoms with Crippen LogP contribution in [0, 0.1) is 6.92 Å². The van der Waals surface area contributed by atoms with Crippen LogP contribution in [-0.4, -0.2) is 47.4 Å². The van der Waals surface area contributed by atoms with Crippen LogP contribution in [0.5, 0.6) is 0 Å². The van der Waals surface area contributed by atoms with Crippen molar-refractivity contribution in [3.05, 3.63) is 77.0 Å².